The summed E-state index contributed by atoms with van der Waals surface area (Å²) in [6.45, 7) is 8.71. The maximum absolute atomic E-state index is 5.40. The van der Waals surface area contributed by atoms with Crippen molar-refractivity contribution in [2.24, 2.45) is 5.41 Å². The van der Waals surface area contributed by atoms with Gasteiger partial charge in [0.1, 0.15) is 0 Å². The summed E-state index contributed by atoms with van der Waals surface area (Å²) in [7, 11) is 3.73. The quantitative estimate of drug-likeness (QED) is 0.676. The van der Waals surface area contributed by atoms with Gasteiger partial charge in [0.15, 0.2) is 0 Å². The van der Waals surface area contributed by atoms with E-state index in [4.69, 9.17) is 4.74 Å². The van der Waals surface area contributed by atoms with Gasteiger partial charge in [-0.1, -0.05) is 20.8 Å². The van der Waals surface area contributed by atoms with Gasteiger partial charge in [-0.2, -0.15) is 0 Å². The lowest BCUT2D eigenvalue weighted by atomic mass is 9.85. The molecular formula is C9H21NO. The molecule has 0 bridgehead atoms. The molecular weight excluding hydrogens is 138 g/mol. The van der Waals surface area contributed by atoms with E-state index in [2.05, 4.69) is 33.0 Å². The van der Waals surface area contributed by atoms with E-state index in [1.807, 2.05) is 7.05 Å². The fourth-order valence-electron chi connectivity index (χ4n) is 1.46. The van der Waals surface area contributed by atoms with E-state index in [1.54, 1.807) is 7.11 Å². The van der Waals surface area contributed by atoms with Gasteiger partial charge in [-0.15, -0.1) is 0 Å². The van der Waals surface area contributed by atoms with Gasteiger partial charge in [0.25, 0.3) is 0 Å². The van der Waals surface area contributed by atoms with E-state index in [9.17, 15) is 0 Å². The number of methoxy groups -OCH3 is 1. The summed E-state index contributed by atoms with van der Waals surface area (Å²) in [5.41, 5.74) is 0.206. The minimum absolute atomic E-state index is 0.206. The van der Waals surface area contributed by atoms with Crippen molar-refractivity contribution in [3.05, 3.63) is 0 Å². The van der Waals surface area contributed by atoms with E-state index in [1.165, 1.54) is 0 Å². The molecule has 0 fully saturated rings. The second kappa shape index (κ2) is 4.07. The van der Waals surface area contributed by atoms with Crippen LogP contribution in [0.3, 0.4) is 0 Å². The standard InChI is InChI=1S/C9H21NO/c1-7(10-5)8(11-6)9(2,3)4/h7-8,10H,1-6H3. The summed E-state index contributed by atoms with van der Waals surface area (Å²) in [5, 5.41) is 3.20. The highest BCUT2D eigenvalue weighted by Gasteiger charge is 2.28. The first-order valence-corrected chi connectivity index (χ1v) is 4.13. The Hall–Kier alpha value is -0.0800. The third-order valence-corrected chi connectivity index (χ3v) is 2.02. The zero-order valence-electron chi connectivity index (χ0n) is 8.56. The summed E-state index contributed by atoms with van der Waals surface area (Å²) >= 11 is 0. The zero-order valence-corrected chi connectivity index (χ0v) is 8.56. The molecule has 0 radical (unpaired) electrons. The van der Waals surface area contributed by atoms with Gasteiger partial charge in [0.2, 0.25) is 0 Å². The highest BCUT2D eigenvalue weighted by atomic mass is 16.5. The molecule has 0 aliphatic rings. The van der Waals surface area contributed by atoms with Crippen molar-refractivity contribution in [2.75, 3.05) is 14.2 Å². The van der Waals surface area contributed by atoms with Crippen LogP contribution in [0.1, 0.15) is 27.7 Å². The molecule has 1 N–H and O–H groups in total. The van der Waals surface area contributed by atoms with Crippen LogP contribution in [0.2, 0.25) is 0 Å². The Morgan fingerprint density at radius 2 is 1.73 bits per heavy atom. The lowest BCUT2D eigenvalue weighted by Crippen LogP contribution is -2.44. The first-order valence-electron chi connectivity index (χ1n) is 4.13. The smallest absolute Gasteiger partial charge is 0.0769 e. The third kappa shape index (κ3) is 3.21. The van der Waals surface area contributed by atoms with Crippen LogP contribution in [0.4, 0.5) is 0 Å². The number of hydrogen-bond donors (Lipinski definition) is 1. The van der Waals surface area contributed by atoms with Crippen molar-refractivity contribution >= 4 is 0 Å². The van der Waals surface area contributed by atoms with Gasteiger partial charge in [-0.3, -0.25) is 0 Å². The van der Waals surface area contributed by atoms with E-state index in [-0.39, 0.29) is 11.5 Å². The van der Waals surface area contributed by atoms with Crippen LogP contribution in [-0.4, -0.2) is 26.3 Å². The van der Waals surface area contributed by atoms with Crippen LogP contribution in [0, 0.1) is 5.41 Å². The number of rotatable bonds is 3. The van der Waals surface area contributed by atoms with Crippen molar-refractivity contribution in [3.63, 3.8) is 0 Å². The second-order valence-electron chi connectivity index (χ2n) is 4.10. The molecule has 0 aromatic carbocycles. The highest BCUT2D eigenvalue weighted by molar-refractivity contribution is 4.82. The van der Waals surface area contributed by atoms with Gasteiger partial charge >= 0.3 is 0 Å². The minimum Gasteiger partial charge on any atom is -0.379 e. The van der Waals surface area contributed by atoms with Crippen LogP contribution in [0.15, 0.2) is 0 Å². The van der Waals surface area contributed by atoms with Gasteiger partial charge in [-0.25, -0.2) is 0 Å². The SMILES string of the molecule is CNC(C)C(OC)C(C)(C)C. The normalized spacial score (nSPS) is 18.0. The molecule has 0 aliphatic heterocycles. The topological polar surface area (TPSA) is 21.3 Å². The number of nitrogens with one attached hydrogen (secondary N) is 1. The van der Waals surface area contributed by atoms with Crippen molar-refractivity contribution in [2.45, 2.75) is 39.8 Å². The molecule has 0 rings (SSSR count). The predicted molar refractivity (Wildman–Crippen MR) is 48.8 cm³/mol. The minimum atomic E-state index is 0.206. The van der Waals surface area contributed by atoms with Crippen molar-refractivity contribution in [1.29, 1.82) is 0 Å². The van der Waals surface area contributed by atoms with Gasteiger partial charge in [0, 0.05) is 13.2 Å². The van der Waals surface area contributed by atoms with Gasteiger partial charge in [-0.05, 0) is 19.4 Å². The number of ether oxygens (including phenoxy) is 1. The van der Waals surface area contributed by atoms with Crippen molar-refractivity contribution < 1.29 is 4.74 Å². The molecule has 0 aromatic heterocycles. The van der Waals surface area contributed by atoms with E-state index in [0.717, 1.165) is 0 Å². The fourth-order valence-corrected chi connectivity index (χ4v) is 1.46. The van der Waals surface area contributed by atoms with Crippen LogP contribution in [-0.2, 0) is 4.74 Å². The fraction of sp³-hybridized carbons (Fsp3) is 1.00. The van der Waals surface area contributed by atoms with Gasteiger partial charge in [0.05, 0.1) is 6.10 Å². The van der Waals surface area contributed by atoms with Crippen molar-refractivity contribution in [1.82, 2.24) is 5.32 Å². The molecule has 0 saturated carbocycles. The average Bonchev–Trinajstić information content (AvgIpc) is 1.86. The molecule has 0 heterocycles. The Morgan fingerprint density at radius 1 is 1.27 bits per heavy atom. The Bertz CT molecular complexity index is 107. The molecule has 2 nitrogen and oxygen atoms in total. The Morgan fingerprint density at radius 3 is 1.82 bits per heavy atom. The summed E-state index contributed by atoms with van der Waals surface area (Å²) in [6, 6.07) is 0.403. The zero-order chi connectivity index (χ0) is 9.07. The van der Waals surface area contributed by atoms with E-state index < -0.39 is 0 Å². The highest BCUT2D eigenvalue weighted by Crippen LogP contribution is 2.23. The predicted octanol–water partition coefficient (Wildman–Crippen LogP) is 1.66. The number of hydrogen-bond acceptors (Lipinski definition) is 2. The van der Waals surface area contributed by atoms with Crippen LogP contribution in [0.25, 0.3) is 0 Å². The molecule has 0 amide bonds. The monoisotopic (exact) mass is 159 g/mol. The lowest BCUT2D eigenvalue weighted by molar-refractivity contribution is -0.00484. The lowest BCUT2D eigenvalue weighted by Gasteiger charge is -2.33. The molecule has 0 aliphatic carbocycles. The Kier molecular flexibility index (Phi) is 4.04. The van der Waals surface area contributed by atoms with Crippen LogP contribution < -0.4 is 5.32 Å². The molecule has 2 atom stereocenters. The maximum atomic E-state index is 5.40. The Labute approximate surface area is 70.3 Å². The molecule has 11 heavy (non-hydrogen) atoms. The Balaban J connectivity index is 4.16. The van der Waals surface area contributed by atoms with Crippen LogP contribution >= 0.6 is 0 Å². The molecule has 68 valence electrons. The van der Waals surface area contributed by atoms with E-state index >= 15 is 0 Å². The van der Waals surface area contributed by atoms with E-state index in [0.29, 0.717) is 6.04 Å². The summed E-state index contributed by atoms with van der Waals surface area (Å²) < 4.78 is 5.40. The third-order valence-electron chi connectivity index (χ3n) is 2.02. The molecule has 0 saturated heterocycles. The number of likely N-dealkylation sites (N-methyl/N-ethyl adjacent to an activating group) is 1. The largest absolute Gasteiger partial charge is 0.379 e. The molecule has 2 heteroatoms. The first kappa shape index (κ1) is 10.9. The molecule has 0 aromatic rings. The molecule has 0 spiro atoms. The van der Waals surface area contributed by atoms with Gasteiger partial charge < -0.3 is 10.1 Å². The maximum Gasteiger partial charge on any atom is 0.0769 e. The summed E-state index contributed by atoms with van der Waals surface area (Å²) in [6.07, 6.45) is 0.271. The molecule has 2 unspecified atom stereocenters. The van der Waals surface area contributed by atoms with Crippen molar-refractivity contribution in [3.8, 4) is 0 Å². The average molecular weight is 159 g/mol. The first-order chi connectivity index (χ1) is 4.93. The summed E-state index contributed by atoms with van der Waals surface area (Å²) in [5.74, 6) is 0. The summed E-state index contributed by atoms with van der Waals surface area (Å²) in [4.78, 5) is 0. The van der Waals surface area contributed by atoms with Crippen LogP contribution in [0.5, 0.6) is 0 Å². The second-order valence-corrected chi connectivity index (χ2v) is 4.10.